The maximum atomic E-state index is 12.5. The number of benzene rings is 1. The Hall–Kier alpha value is -2.47. The van der Waals surface area contributed by atoms with E-state index in [2.05, 4.69) is 32.7 Å². The first-order valence-electron chi connectivity index (χ1n) is 8.00. The van der Waals surface area contributed by atoms with Gasteiger partial charge >= 0.3 is 0 Å². The van der Waals surface area contributed by atoms with Gasteiger partial charge in [-0.15, -0.1) is 11.3 Å². The number of hydrogen-bond donors (Lipinski definition) is 2. The van der Waals surface area contributed by atoms with Crippen LogP contribution in [0.25, 0.3) is 10.2 Å². The number of anilines is 1. The standard InChI is InChI=1S/C18H20N4OS/c1-3-19-16-14-12(2)15(24-18(14)22-11-21-16)17(23)20-10-9-13-7-5-4-6-8-13/h4-8,11H,3,9-10H2,1-2H3,(H,20,23)(H,19,21,22). The molecule has 0 spiro atoms. The second kappa shape index (κ2) is 7.40. The highest BCUT2D eigenvalue weighted by atomic mass is 32.1. The molecule has 24 heavy (non-hydrogen) atoms. The highest BCUT2D eigenvalue weighted by Gasteiger charge is 2.18. The molecule has 1 amide bonds. The Balaban J connectivity index is 1.75. The van der Waals surface area contributed by atoms with E-state index < -0.39 is 0 Å². The fourth-order valence-electron chi connectivity index (χ4n) is 2.64. The fraction of sp³-hybridized carbons (Fsp3) is 0.278. The van der Waals surface area contributed by atoms with E-state index >= 15 is 0 Å². The van der Waals surface area contributed by atoms with Crippen LogP contribution >= 0.6 is 11.3 Å². The van der Waals surface area contributed by atoms with Crippen molar-refractivity contribution in [3.05, 3.63) is 52.7 Å². The highest BCUT2D eigenvalue weighted by Crippen LogP contribution is 2.33. The molecule has 2 heterocycles. The van der Waals surface area contributed by atoms with Gasteiger partial charge in [0, 0.05) is 13.1 Å². The number of hydrogen-bond acceptors (Lipinski definition) is 5. The second-order valence-electron chi connectivity index (χ2n) is 5.48. The third kappa shape index (κ3) is 3.38. The lowest BCUT2D eigenvalue weighted by molar-refractivity contribution is 0.0957. The highest BCUT2D eigenvalue weighted by molar-refractivity contribution is 7.20. The summed E-state index contributed by atoms with van der Waals surface area (Å²) in [5.41, 5.74) is 2.15. The largest absolute Gasteiger partial charge is 0.370 e. The van der Waals surface area contributed by atoms with Gasteiger partial charge in [0.2, 0.25) is 0 Å². The van der Waals surface area contributed by atoms with Gasteiger partial charge in [0.25, 0.3) is 5.91 Å². The van der Waals surface area contributed by atoms with Gasteiger partial charge in [0.05, 0.1) is 10.3 Å². The molecule has 0 radical (unpaired) electrons. The lowest BCUT2D eigenvalue weighted by atomic mass is 10.1. The molecule has 0 aliphatic rings. The van der Waals surface area contributed by atoms with Gasteiger partial charge in [-0.1, -0.05) is 30.3 Å². The molecule has 0 aliphatic carbocycles. The van der Waals surface area contributed by atoms with Gasteiger partial charge in [-0.05, 0) is 31.4 Å². The van der Waals surface area contributed by atoms with Gasteiger partial charge in [0.15, 0.2) is 0 Å². The van der Waals surface area contributed by atoms with Crippen molar-refractivity contribution in [2.45, 2.75) is 20.3 Å². The molecule has 1 aromatic carbocycles. The third-order valence-corrected chi connectivity index (χ3v) is 5.02. The van der Waals surface area contributed by atoms with Crippen LogP contribution in [0.15, 0.2) is 36.7 Å². The number of aryl methyl sites for hydroxylation is 1. The molecule has 124 valence electrons. The van der Waals surface area contributed by atoms with Gasteiger partial charge < -0.3 is 10.6 Å². The first kappa shape index (κ1) is 16.4. The smallest absolute Gasteiger partial charge is 0.261 e. The first-order chi connectivity index (χ1) is 11.7. The molecule has 0 fully saturated rings. The number of thiophene rings is 1. The van der Waals surface area contributed by atoms with Crippen LogP contribution in [0.2, 0.25) is 0 Å². The number of carbonyl (C=O) groups is 1. The lowest BCUT2D eigenvalue weighted by Gasteiger charge is -2.05. The molecular formula is C18H20N4OS. The van der Waals surface area contributed by atoms with Gasteiger partial charge in [0.1, 0.15) is 17.0 Å². The van der Waals surface area contributed by atoms with Crippen LogP contribution in [0.1, 0.15) is 27.7 Å². The first-order valence-corrected chi connectivity index (χ1v) is 8.82. The van der Waals surface area contributed by atoms with Crippen LogP contribution in [0.5, 0.6) is 0 Å². The molecule has 0 bridgehead atoms. The van der Waals surface area contributed by atoms with E-state index in [1.165, 1.54) is 23.2 Å². The zero-order valence-electron chi connectivity index (χ0n) is 13.8. The van der Waals surface area contributed by atoms with Crippen molar-refractivity contribution >= 4 is 33.3 Å². The topological polar surface area (TPSA) is 66.9 Å². The third-order valence-electron chi connectivity index (χ3n) is 3.82. The van der Waals surface area contributed by atoms with Gasteiger partial charge in [-0.2, -0.15) is 0 Å². The molecule has 3 rings (SSSR count). The Morgan fingerprint density at radius 2 is 2.00 bits per heavy atom. The van der Waals surface area contributed by atoms with Crippen LogP contribution < -0.4 is 10.6 Å². The minimum atomic E-state index is -0.0473. The van der Waals surface area contributed by atoms with Crippen molar-refractivity contribution in [2.75, 3.05) is 18.4 Å². The average Bonchev–Trinajstić information content (AvgIpc) is 2.94. The van der Waals surface area contributed by atoms with Crippen LogP contribution in [0.4, 0.5) is 5.82 Å². The number of nitrogens with zero attached hydrogens (tertiary/aromatic N) is 2. The van der Waals surface area contributed by atoms with Crippen molar-refractivity contribution in [3.63, 3.8) is 0 Å². The molecule has 0 atom stereocenters. The minimum Gasteiger partial charge on any atom is -0.370 e. The Labute approximate surface area is 145 Å². The lowest BCUT2D eigenvalue weighted by Crippen LogP contribution is -2.25. The van der Waals surface area contributed by atoms with Crippen LogP contribution in [0.3, 0.4) is 0 Å². The maximum Gasteiger partial charge on any atom is 0.261 e. The van der Waals surface area contributed by atoms with E-state index in [-0.39, 0.29) is 5.91 Å². The summed E-state index contributed by atoms with van der Waals surface area (Å²) in [5, 5.41) is 7.18. The molecule has 6 heteroatoms. The number of carbonyl (C=O) groups excluding carboxylic acids is 1. The molecular weight excluding hydrogens is 320 g/mol. The summed E-state index contributed by atoms with van der Waals surface area (Å²) in [6.45, 7) is 5.37. The number of nitrogens with one attached hydrogen (secondary N) is 2. The number of aromatic nitrogens is 2. The Morgan fingerprint density at radius 1 is 1.21 bits per heavy atom. The van der Waals surface area contributed by atoms with Crippen LogP contribution in [-0.2, 0) is 6.42 Å². The molecule has 0 unspecified atom stereocenters. The predicted octanol–water partition coefficient (Wildman–Crippen LogP) is 3.40. The Kier molecular flexibility index (Phi) is 5.05. The summed E-state index contributed by atoms with van der Waals surface area (Å²) in [6.07, 6.45) is 2.35. The molecule has 3 aromatic rings. The molecule has 0 saturated carbocycles. The van der Waals surface area contributed by atoms with E-state index in [4.69, 9.17) is 0 Å². The Bertz CT molecular complexity index is 845. The summed E-state index contributed by atoms with van der Waals surface area (Å²) in [6, 6.07) is 10.1. The molecule has 2 N–H and O–H groups in total. The van der Waals surface area contributed by atoms with Crippen molar-refractivity contribution in [3.8, 4) is 0 Å². The fourth-order valence-corrected chi connectivity index (χ4v) is 3.70. The molecule has 0 aliphatic heterocycles. The van der Waals surface area contributed by atoms with Crippen LogP contribution in [-0.4, -0.2) is 29.0 Å². The van der Waals surface area contributed by atoms with E-state index in [0.29, 0.717) is 11.4 Å². The van der Waals surface area contributed by atoms with E-state index in [9.17, 15) is 4.79 Å². The van der Waals surface area contributed by atoms with Gasteiger partial charge in [-0.3, -0.25) is 4.79 Å². The maximum absolute atomic E-state index is 12.5. The second-order valence-corrected chi connectivity index (χ2v) is 6.48. The SMILES string of the molecule is CCNc1ncnc2sc(C(=O)NCCc3ccccc3)c(C)c12. The molecule has 2 aromatic heterocycles. The average molecular weight is 340 g/mol. The monoisotopic (exact) mass is 340 g/mol. The van der Waals surface area contributed by atoms with Crippen molar-refractivity contribution in [1.82, 2.24) is 15.3 Å². The van der Waals surface area contributed by atoms with E-state index in [1.54, 1.807) is 0 Å². The van der Waals surface area contributed by atoms with Crippen molar-refractivity contribution in [2.24, 2.45) is 0 Å². The minimum absolute atomic E-state index is 0.0473. The van der Waals surface area contributed by atoms with Crippen molar-refractivity contribution < 1.29 is 4.79 Å². The quantitative estimate of drug-likeness (QED) is 0.722. The molecule has 5 nitrogen and oxygen atoms in total. The van der Waals surface area contributed by atoms with E-state index in [1.807, 2.05) is 32.0 Å². The van der Waals surface area contributed by atoms with Crippen molar-refractivity contribution in [1.29, 1.82) is 0 Å². The van der Waals surface area contributed by atoms with Crippen LogP contribution in [0, 0.1) is 6.92 Å². The summed E-state index contributed by atoms with van der Waals surface area (Å²) >= 11 is 1.42. The van der Waals surface area contributed by atoms with E-state index in [0.717, 1.165) is 34.6 Å². The zero-order chi connectivity index (χ0) is 16.9. The van der Waals surface area contributed by atoms with Gasteiger partial charge in [-0.25, -0.2) is 9.97 Å². The molecule has 0 saturated heterocycles. The summed E-state index contributed by atoms with van der Waals surface area (Å²) < 4.78 is 0. The summed E-state index contributed by atoms with van der Waals surface area (Å²) in [5.74, 6) is 0.744. The normalized spacial score (nSPS) is 10.8. The number of fused-ring (bicyclic) bond motifs is 1. The number of amides is 1. The summed E-state index contributed by atoms with van der Waals surface area (Å²) in [4.78, 5) is 22.7. The summed E-state index contributed by atoms with van der Waals surface area (Å²) in [7, 11) is 0. The zero-order valence-corrected chi connectivity index (χ0v) is 14.6. The predicted molar refractivity (Wildman–Crippen MR) is 98.8 cm³/mol. The number of rotatable bonds is 6. The Morgan fingerprint density at radius 3 is 2.75 bits per heavy atom.